The first-order valence-electron chi connectivity index (χ1n) is 5.63. The highest BCUT2D eigenvalue weighted by molar-refractivity contribution is 7.80. The van der Waals surface area contributed by atoms with Gasteiger partial charge in [0.05, 0.1) is 0 Å². The summed E-state index contributed by atoms with van der Waals surface area (Å²) < 4.78 is 0. The quantitative estimate of drug-likeness (QED) is 0.608. The summed E-state index contributed by atoms with van der Waals surface area (Å²) in [5.41, 5.74) is 0.891. The van der Waals surface area contributed by atoms with Crippen molar-refractivity contribution in [3.63, 3.8) is 0 Å². The van der Waals surface area contributed by atoms with Crippen molar-refractivity contribution in [1.82, 2.24) is 10.0 Å². The fourth-order valence-electron chi connectivity index (χ4n) is 1.58. The van der Waals surface area contributed by atoms with Crippen molar-refractivity contribution in [2.45, 2.75) is 25.7 Å². The van der Waals surface area contributed by atoms with E-state index in [1.54, 1.807) is 6.20 Å². The average Bonchev–Trinajstić information content (AvgIpc) is 2.69. The van der Waals surface area contributed by atoms with Gasteiger partial charge in [0.25, 0.3) is 11.8 Å². The number of pyridine rings is 1. The van der Waals surface area contributed by atoms with Crippen molar-refractivity contribution in [2.24, 2.45) is 0 Å². The van der Waals surface area contributed by atoms with E-state index < -0.39 is 0 Å². The lowest BCUT2D eigenvalue weighted by Crippen LogP contribution is -2.31. The number of hydrogen-bond donors (Lipinski definition) is 0. The molecule has 0 bridgehead atoms. The van der Waals surface area contributed by atoms with E-state index in [2.05, 4.69) is 4.98 Å². The third-order valence-corrected chi connectivity index (χ3v) is 2.79. The Labute approximate surface area is 110 Å². The molecule has 2 heterocycles. The predicted molar refractivity (Wildman–Crippen MR) is 67.3 cm³/mol. The second kappa shape index (κ2) is 5.68. The molecule has 0 radical (unpaired) electrons. The molecule has 5 nitrogen and oxygen atoms in total. The summed E-state index contributed by atoms with van der Waals surface area (Å²) in [6.45, 7) is 0. The number of hydrogen-bond acceptors (Lipinski definition) is 5. The van der Waals surface area contributed by atoms with Crippen LogP contribution in [-0.4, -0.2) is 26.9 Å². The number of rotatable bonds is 4. The van der Waals surface area contributed by atoms with Crippen LogP contribution in [0.15, 0.2) is 24.4 Å². The second-order valence-electron chi connectivity index (χ2n) is 3.87. The van der Waals surface area contributed by atoms with E-state index >= 15 is 0 Å². The number of carbonyl (C=O) groups excluding carboxylic acids is 2. The molecule has 0 N–H and O–H groups in total. The maximum absolute atomic E-state index is 11.3. The molecule has 18 heavy (non-hydrogen) atoms. The van der Waals surface area contributed by atoms with Gasteiger partial charge in [-0.15, -0.1) is 5.06 Å². The van der Waals surface area contributed by atoms with Gasteiger partial charge in [0, 0.05) is 31.2 Å². The number of amides is 2. The number of imide groups is 1. The van der Waals surface area contributed by atoms with Crippen molar-refractivity contribution in [1.29, 1.82) is 0 Å². The molecule has 0 atom stereocenters. The number of thiocarbonyl (C=S) groups is 1. The molecule has 1 fully saturated rings. The Hall–Kier alpha value is -1.82. The third kappa shape index (κ3) is 3.10. The van der Waals surface area contributed by atoms with Crippen LogP contribution in [0.3, 0.4) is 0 Å². The van der Waals surface area contributed by atoms with Gasteiger partial charge in [-0.2, -0.15) is 0 Å². The summed E-state index contributed by atoms with van der Waals surface area (Å²) in [4.78, 5) is 31.9. The molecule has 6 heteroatoms. The van der Waals surface area contributed by atoms with Crippen LogP contribution in [0.25, 0.3) is 0 Å². The standard InChI is InChI=1S/C12H12N2O3S/c15-10-5-6-11(16)14(10)17-12(18)7-4-9-3-1-2-8-13-9/h1-3,8H,4-7H2. The highest BCUT2D eigenvalue weighted by Crippen LogP contribution is 2.13. The molecule has 1 aliphatic rings. The summed E-state index contributed by atoms with van der Waals surface area (Å²) in [5, 5.41) is 0.991. The van der Waals surface area contributed by atoms with E-state index in [0.29, 0.717) is 12.8 Å². The number of carbonyl (C=O) groups is 2. The van der Waals surface area contributed by atoms with Crippen molar-refractivity contribution in [3.05, 3.63) is 30.1 Å². The monoisotopic (exact) mass is 264 g/mol. The summed E-state index contributed by atoms with van der Waals surface area (Å²) in [7, 11) is 0. The largest absolute Gasteiger partial charge is 0.362 e. The van der Waals surface area contributed by atoms with Crippen LogP contribution in [0, 0.1) is 0 Å². The molecule has 2 rings (SSSR count). The molecule has 1 aromatic heterocycles. The van der Waals surface area contributed by atoms with Crippen LogP contribution >= 0.6 is 12.2 Å². The fourth-order valence-corrected chi connectivity index (χ4v) is 1.76. The molecule has 0 saturated carbocycles. The third-order valence-electron chi connectivity index (χ3n) is 2.51. The molecule has 0 aromatic carbocycles. The molecular formula is C12H12N2O3S. The van der Waals surface area contributed by atoms with Crippen LogP contribution in [0.4, 0.5) is 0 Å². The zero-order valence-corrected chi connectivity index (χ0v) is 10.5. The molecule has 1 saturated heterocycles. The van der Waals surface area contributed by atoms with Crippen LogP contribution in [-0.2, 0) is 20.8 Å². The number of aromatic nitrogens is 1. The predicted octanol–water partition coefficient (Wildman–Crippen LogP) is 1.42. The van der Waals surface area contributed by atoms with Gasteiger partial charge in [0.2, 0.25) is 0 Å². The maximum Gasteiger partial charge on any atom is 0.263 e. The van der Waals surface area contributed by atoms with Gasteiger partial charge in [-0.3, -0.25) is 14.6 Å². The minimum absolute atomic E-state index is 0.196. The molecule has 0 spiro atoms. The molecule has 0 unspecified atom stereocenters. The van der Waals surface area contributed by atoms with Gasteiger partial charge in [0.1, 0.15) is 0 Å². The molecule has 0 aliphatic carbocycles. The minimum atomic E-state index is -0.333. The van der Waals surface area contributed by atoms with Gasteiger partial charge >= 0.3 is 0 Å². The summed E-state index contributed by atoms with van der Waals surface area (Å²) in [5.74, 6) is -0.666. The number of aryl methyl sites for hydroxylation is 1. The van der Waals surface area contributed by atoms with E-state index in [0.717, 1.165) is 10.8 Å². The summed E-state index contributed by atoms with van der Waals surface area (Å²) in [6, 6.07) is 5.61. The van der Waals surface area contributed by atoms with E-state index in [1.807, 2.05) is 18.2 Å². The Morgan fingerprint density at radius 2 is 2.06 bits per heavy atom. The molecule has 1 aliphatic heterocycles. The first-order valence-corrected chi connectivity index (χ1v) is 6.04. The Kier molecular flexibility index (Phi) is 3.99. The van der Waals surface area contributed by atoms with Crippen LogP contribution in [0.1, 0.15) is 25.0 Å². The zero-order chi connectivity index (χ0) is 13.0. The maximum atomic E-state index is 11.3. The molecule has 2 amide bonds. The lowest BCUT2D eigenvalue weighted by Gasteiger charge is -2.14. The van der Waals surface area contributed by atoms with Gasteiger partial charge in [0.15, 0.2) is 5.05 Å². The first-order chi connectivity index (χ1) is 8.66. The van der Waals surface area contributed by atoms with Gasteiger partial charge < -0.3 is 4.84 Å². The van der Waals surface area contributed by atoms with Gasteiger partial charge in [-0.25, -0.2) is 0 Å². The number of nitrogens with zero attached hydrogens (tertiary/aromatic N) is 2. The van der Waals surface area contributed by atoms with Crippen molar-refractivity contribution < 1.29 is 14.4 Å². The second-order valence-corrected chi connectivity index (χ2v) is 4.32. The zero-order valence-electron chi connectivity index (χ0n) is 9.67. The SMILES string of the molecule is O=C1CCC(=O)N1OC(=S)CCc1ccccn1. The first kappa shape index (κ1) is 12.6. The normalized spacial score (nSPS) is 15.0. The molecule has 1 aromatic rings. The van der Waals surface area contributed by atoms with Crippen molar-refractivity contribution >= 4 is 29.1 Å². The summed E-state index contributed by atoms with van der Waals surface area (Å²) >= 11 is 5.00. The number of hydroxylamine groups is 2. The highest BCUT2D eigenvalue weighted by Gasteiger charge is 2.31. The van der Waals surface area contributed by atoms with E-state index in [-0.39, 0.29) is 29.7 Å². The summed E-state index contributed by atoms with van der Waals surface area (Å²) in [6.07, 6.45) is 3.16. The van der Waals surface area contributed by atoms with Crippen molar-refractivity contribution in [3.8, 4) is 0 Å². The lowest BCUT2D eigenvalue weighted by atomic mass is 10.2. The van der Waals surface area contributed by atoms with Crippen LogP contribution in [0.2, 0.25) is 0 Å². The Balaban J connectivity index is 1.82. The average molecular weight is 264 g/mol. The van der Waals surface area contributed by atoms with E-state index in [9.17, 15) is 9.59 Å². The minimum Gasteiger partial charge on any atom is -0.362 e. The van der Waals surface area contributed by atoms with E-state index in [4.69, 9.17) is 17.1 Å². The van der Waals surface area contributed by atoms with Gasteiger partial charge in [-0.05, 0) is 30.8 Å². The highest BCUT2D eigenvalue weighted by atomic mass is 32.1. The Morgan fingerprint density at radius 1 is 1.33 bits per heavy atom. The molecular weight excluding hydrogens is 252 g/mol. The smallest absolute Gasteiger partial charge is 0.263 e. The fraction of sp³-hybridized carbons (Fsp3) is 0.333. The van der Waals surface area contributed by atoms with Crippen molar-refractivity contribution in [2.75, 3.05) is 0 Å². The van der Waals surface area contributed by atoms with E-state index in [1.165, 1.54) is 0 Å². The molecule has 94 valence electrons. The van der Waals surface area contributed by atoms with Crippen LogP contribution in [0.5, 0.6) is 0 Å². The lowest BCUT2D eigenvalue weighted by molar-refractivity contribution is -0.167. The van der Waals surface area contributed by atoms with Crippen LogP contribution < -0.4 is 0 Å². The topological polar surface area (TPSA) is 59.5 Å². The Bertz CT molecular complexity index is 459. The van der Waals surface area contributed by atoms with Gasteiger partial charge in [-0.1, -0.05) is 6.07 Å². The Morgan fingerprint density at radius 3 is 2.67 bits per heavy atom.